The van der Waals surface area contributed by atoms with Crippen LogP contribution in [0.4, 0.5) is 0 Å². The molecule has 0 aromatic rings. The molecule has 1 unspecified atom stereocenters. The van der Waals surface area contributed by atoms with Crippen molar-refractivity contribution < 1.29 is 21.7 Å². The van der Waals surface area contributed by atoms with Crippen LogP contribution >= 0.6 is 0 Å². The topological polar surface area (TPSA) is 97.3 Å². The Morgan fingerprint density at radius 3 is 1.50 bits per heavy atom. The molecule has 0 bridgehead atoms. The van der Waals surface area contributed by atoms with Crippen LogP contribution in [0.15, 0.2) is 0 Å². The van der Waals surface area contributed by atoms with Crippen molar-refractivity contribution in [1.29, 1.82) is 0 Å². The SMILES string of the molecule is O=S([O-])S(=O)(=O)[O-].[Mg+2]. The Hall–Kier alpha value is 0.786. The Kier molecular flexibility index (Phi) is 5.41. The second-order valence-corrected chi connectivity index (χ2v) is 3.88. The van der Waals surface area contributed by atoms with Gasteiger partial charge in [0.2, 0.25) is 0 Å². The molecule has 44 valence electrons. The third-order valence-electron chi connectivity index (χ3n) is 0.167. The van der Waals surface area contributed by atoms with Gasteiger partial charge >= 0.3 is 23.1 Å². The van der Waals surface area contributed by atoms with E-state index in [4.69, 9.17) is 21.7 Å². The van der Waals surface area contributed by atoms with Gasteiger partial charge < -0.3 is 9.11 Å². The van der Waals surface area contributed by atoms with Gasteiger partial charge in [-0.2, -0.15) is 0 Å². The van der Waals surface area contributed by atoms with Crippen LogP contribution in [0.3, 0.4) is 0 Å². The van der Waals surface area contributed by atoms with E-state index in [9.17, 15) is 0 Å². The standard InChI is InChI=1S/Mg.H2O5S2/c;1-6(2)7(3,4)5/h;(H,1,2)(H,3,4,5)/q+2;/p-2. The van der Waals surface area contributed by atoms with Gasteiger partial charge in [-0.1, -0.05) is 0 Å². The van der Waals surface area contributed by atoms with E-state index in [0.717, 1.165) is 0 Å². The summed E-state index contributed by atoms with van der Waals surface area (Å²) in [6, 6.07) is 0. The van der Waals surface area contributed by atoms with Crippen LogP contribution < -0.4 is 0 Å². The molecule has 0 aromatic carbocycles. The Balaban J connectivity index is 0. The summed E-state index contributed by atoms with van der Waals surface area (Å²) in [5.74, 6) is 0. The molecule has 0 aromatic heterocycles. The molecule has 0 aliphatic rings. The predicted octanol–water partition coefficient (Wildman–Crippen LogP) is -2.06. The Labute approximate surface area is 64.1 Å². The second-order valence-electron chi connectivity index (χ2n) is 0.612. The molecular weight excluding hydrogens is 168 g/mol. The van der Waals surface area contributed by atoms with Crippen LogP contribution in [-0.2, 0) is 19.3 Å². The van der Waals surface area contributed by atoms with E-state index in [1.54, 1.807) is 0 Å². The maximum absolute atomic E-state index is 9.16. The summed E-state index contributed by atoms with van der Waals surface area (Å²) >= 11 is 0. The van der Waals surface area contributed by atoms with E-state index in [0.29, 0.717) is 0 Å². The van der Waals surface area contributed by atoms with Gasteiger partial charge in [-0.25, -0.2) is 8.42 Å². The van der Waals surface area contributed by atoms with E-state index in [-0.39, 0.29) is 23.1 Å². The zero-order chi connectivity index (χ0) is 6.08. The zero-order valence-corrected chi connectivity index (χ0v) is 6.61. The summed E-state index contributed by atoms with van der Waals surface area (Å²) in [7, 11) is -8.59. The molecular formula is MgO5S2. The smallest absolute Gasteiger partial charge is 0.761 e. The third-order valence-corrected chi connectivity index (χ3v) is 1.50. The average Bonchev–Trinajstić information content (AvgIpc) is 1.31. The first-order chi connectivity index (χ1) is 2.94. The molecule has 0 amide bonds. The summed E-state index contributed by atoms with van der Waals surface area (Å²) in [5.41, 5.74) is 0. The molecule has 8 heavy (non-hydrogen) atoms. The summed E-state index contributed by atoms with van der Waals surface area (Å²) in [4.78, 5) is 0. The minimum atomic E-state index is -5.07. The summed E-state index contributed by atoms with van der Waals surface area (Å²) in [5, 5.41) is 0. The largest absolute Gasteiger partial charge is 2.00 e. The van der Waals surface area contributed by atoms with Crippen molar-refractivity contribution >= 4 is 42.3 Å². The molecule has 0 aliphatic carbocycles. The van der Waals surface area contributed by atoms with Crippen LogP contribution in [0.5, 0.6) is 0 Å². The van der Waals surface area contributed by atoms with Crippen molar-refractivity contribution in [2.45, 2.75) is 0 Å². The van der Waals surface area contributed by atoms with E-state index in [2.05, 4.69) is 0 Å². The first-order valence-corrected chi connectivity index (χ1v) is 4.00. The molecule has 0 saturated carbocycles. The van der Waals surface area contributed by atoms with Gasteiger partial charge in [0.25, 0.3) is 0 Å². The van der Waals surface area contributed by atoms with E-state index in [1.807, 2.05) is 0 Å². The quantitative estimate of drug-likeness (QED) is 0.194. The van der Waals surface area contributed by atoms with Crippen LogP contribution in [0.25, 0.3) is 0 Å². The van der Waals surface area contributed by atoms with Gasteiger partial charge in [-0.15, -0.1) is 0 Å². The first kappa shape index (κ1) is 11.6. The summed E-state index contributed by atoms with van der Waals surface area (Å²) < 4.78 is 45.7. The van der Waals surface area contributed by atoms with Crippen molar-refractivity contribution in [3.63, 3.8) is 0 Å². The maximum atomic E-state index is 9.16. The monoisotopic (exact) mass is 168 g/mol. The van der Waals surface area contributed by atoms with E-state index < -0.39 is 19.3 Å². The van der Waals surface area contributed by atoms with Crippen molar-refractivity contribution in [2.75, 3.05) is 0 Å². The van der Waals surface area contributed by atoms with E-state index in [1.165, 1.54) is 0 Å². The minimum Gasteiger partial charge on any atom is -0.761 e. The molecule has 0 rings (SSSR count). The van der Waals surface area contributed by atoms with Crippen molar-refractivity contribution in [3.8, 4) is 0 Å². The Bertz CT molecular complexity index is 165. The normalized spacial score (nSPS) is 14.2. The Morgan fingerprint density at radius 1 is 1.38 bits per heavy atom. The summed E-state index contributed by atoms with van der Waals surface area (Å²) in [6.07, 6.45) is 0. The second kappa shape index (κ2) is 3.74. The molecule has 0 heterocycles. The maximum Gasteiger partial charge on any atom is 2.00 e. The van der Waals surface area contributed by atoms with Crippen molar-refractivity contribution in [3.05, 3.63) is 0 Å². The predicted molar refractivity (Wildman–Crippen MR) is 24.4 cm³/mol. The third kappa shape index (κ3) is 4.93. The van der Waals surface area contributed by atoms with Gasteiger partial charge in [0, 0.05) is 0 Å². The first-order valence-electron chi connectivity index (χ1n) is 1.00. The van der Waals surface area contributed by atoms with Gasteiger partial charge in [-0.3, -0.25) is 4.21 Å². The molecule has 0 aliphatic heterocycles. The molecule has 1 atom stereocenters. The van der Waals surface area contributed by atoms with E-state index >= 15 is 0 Å². The van der Waals surface area contributed by atoms with Gasteiger partial charge in [0.05, 0.1) is 10.1 Å². The van der Waals surface area contributed by atoms with Crippen molar-refractivity contribution in [1.82, 2.24) is 0 Å². The molecule has 0 spiro atoms. The average molecular weight is 168 g/mol. The molecule has 0 fully saturated rings. The molecule has 0 saturated heterocycles. The number of rotatable bonds is 1. The van der Waals surface area contributed by atoms with Crippen LogP contribution in [-0.4, -0.2) is 44.8 Å². The van der Waals surface area contributed by atoms with Crippen LogP contribution in [0.1, 0.15) is 0 Å². The molecule has 0 N–H and O–H groups in total. The Morgan fingerprint density at radius 2 is 1.50 bits per heavy atom. The zero-order valence-electron chi connectivity index (χ0n) is 3.56. The fourth-order valence-electron chi connectivity index (χ4n) is 0. The molecule has 0 radical (unpaired) electrons. The van der Waals surface area contributed by atoms with Crippen LogP contribution in [0.2, 0.25) is 0 Å². The summed E-state index contributed by atoms with van der Waals surface area (Å²) in [6.45, 7) is 0. The number of hydrogen-bond donors (Lipinski definition) is 0. The van der Waals surface area contributed by atoms with Gasteiger partial charge in [-0.05, 0) is 0 Å². The van der Waals surface area contributed by atoms with Crippen LogP contribution in [0, 0.1) is 0 Å². The molecule has 5 nitrogen and oxygen atoms in total. The fraction of sp³-hybridized carbons (Fsp3) is 0. The number of hydrogen-bond acceptors (Lipinski definition) is 5. The molecule has 8 heteroatoms. The van der Waals surface area contributed by atoms with Gasteiger partial charge in [0.15, 0.2) is 9.15 Å². The van der Waals surface area contributed by atoms with Crippen molar-refractivity contribution in [2.24, 2.45) is 0 Å². The van der Waals surface area contributed by atoms with Gasteiger partial charge in [0.1, 0.15) is 0 Å². The minimum absolute atomic E-state index is 0. The fourth-order valence-corrected chi connectivity index (χ4v) is 0.